The van der Waals surface area contributed by atoms with Crippen LogP contribution in [0.3, 0.4) is 0 Å². The van der Waals surface area contributed by atoms with Gasteiger partial charge in [-0.25, -0.2) is 0 Å². The molecule has 0 radical (unpaired) electrons. The highest BCUT2D eigenvalue weighted by atomic mass is 35.5. The molecule has 0 heterocycles. The van der Waals surface area contributed by atoms with E-state index in [1.165, 1.54) is 12.1 Å². The molecule has 0 saturated carbocycles. The third-order valence-corrected chi connectivity index (χ3v) is 4.56. The number of rotatable bonds is 7. The fourth-order valence-corrected chi connectivity index (χ4v) is 3.17. The lowest BCUT2D eigenvalue weighted by atomic mass is 10.0. The zero-order chi connectivity index (χ0) is 19.5. The second-order valence-electron chi connectivity index (χ2n) is 5.84. The van der Waals surface area contributed by atoms with Crippen molar-refractivity contribution >= 4 is 42.2 Å². The van der Waals surface area contributed by atoms with Crippen molar-refractivity contribution in [2.75, 3.05) is 11.6 Å². The van der Waals surface area contributed by atoms with Crippen LogP contribution in [0.1, 0.15) is 25.3 Å². The van der Waals surface area contributed by atoms with Crippen molar-refractivity contribution in [1.29, 1.82) is 0 Å². The number of hydrogen-bond donors (Lipinski definition) is 3. The third-order valence-electron chi connectivity index (χ3n) is 3.43. The number of nitrogens with one attached hydrogen (secondary N) is 1. The quantitative estimate of drug-likeness (QED) is 0.384. The summed E-state index contributed by atoms with van der Waals surface area (Å²) < 4.78 is 16.7. The minimum Gasteiger partial charge on any atom is -0.454 e. The van der Waals surface area contributed by atoms with Gasteiger partial charge < -0.3 is 19.8 Å². The Kier molecular flexibility index (Phi) is 6.66. The van der Waals surface area contributed by atoms with Gasteiger partial charge in [-0.1, -0.05) is 37.0 Å². The van der Waals surface area contributed by atoms with E-state index in [9.17, 15) is 9.47 Å². The number of hydrogen-bond acceptors (Lipinski definition) is 5. The average molecular weight is 419 g/mol. The van der Waals surface area contributed by atoms with E-state index in [4.69, 9.17) is 37.7 Å². The molecule has 0 bridgehead atoms. The third kappa shape index (κ3) is 5.43. The molecule has 0 spiro atoms. The Balaban J connectivity index is 2.28. The molecule has 2 rings (SSSR count). The second-order valence-corrected chi connectivity index (χ2v) is 8.30. The molecule has 0 unspecified atom stereocenters. The maximum atomic E-state index is 10.9. The molecule has 26 heavy (non-hydrogen) atoms. The first kappa shape index (κ1) is 20.7. The van der Waals surface area contributed by atoms with Gasteiger partial charge in [0.15, 0.2) is 5.75 Å². The molecular weight excluding hydrogens is 402 g/mol. The van der Waals surface area contributed by atoms with Gasteiger partial charge >= 0.3 is 7.60 Å². The van der Waals surface area contributed by atoms with Gasteiger partial charge in [0, 0.05) is 5.69 Å². The highest BCUT2D eigenvalue weighted by Gasteiger charge is 2.16. The first-order chi connectivity index (χ1) is 12.1. The van der Waals surface area contributed by atoms with Gasteiger partial charge in [-0.05, 0) is 47.0 Å². The van der Waals surface area contributed by atoms with Crippen molar-refractivity contribution in [2.24, 2.45) is 5.18 Å². The predicted molar refractivity (Wildman–Crippen MR) is 103 cm³/mol. The van der Waals surface area contributed by atoms with Crippen molar-refractivity contribution in [2.45, 2.75) is 19.8 Å². The molecule has 0 atom stereocenters. The van der Waals surface area contributed by atoms with Gasteiger partial charge in [-0.3, -0.25) is 4.57 Å². The van der Waals surface area contributed by atoms with Crippen LogP contribution in [0.5, 0.6) is 11.5 Å². The molecule has 0 aliphatic rings. The smallest absolute Gasteiger partial charge is 0.344 e. The molecule has 10 heteroatoms. The van der Waals surface area contributed by atoms with E-state index in [-0.39, 0.29) is 21.7 Å². The van der Waals surface area contributed by atoms with Gasteiger partial charge in [0.25, 0.3) is 0 Å². The lowest BCUT2D eigenvalue weighted by Crippen LogP contribution is -2.02. The summed E-state index contributed by atoms with van der Waals surface area (Å²) in [6, 6.07) is 7.71. The highest BCUT2D eigenvalue weighted by molar-refractivity contribution is 7.51. The Labute approximate surface area is 160 Å². The van der Waals surface area contributed by atoms with Crippen LogP contribution in [0.2, 0.25) is 10.0 Å². The molecule has 0 fully saturated rings. The van der Waals surface area contributed by atoms with Crippen LogP contribution in [0.4, 0.5) is 11.4 Å². The Morgan fingerprint density at radius 1 is 1.19 bits per heavy atom. The van der Waals surface area contributed by atoms with Crippen LogP contribution in [0, 0.1) is 4.91 Å². The van der Waals surface area contributed by atoms with E-state index in [1.54, 1.807) is 18.2 Å². The summed E-state index contributed by atoms with van der Waals surface area (Å²) in [5.74, 6) is 0.689. The molecule has 2 aromatic carbocycles. The van der Waals surface area contributed by atoms with Crippen LogP contribution in [-0.4, -0.2) is 16.1 Å². The predicted octanol–water partition coefficient (Wildman–Crippen LogP) is 5.85. The summed E-state index contributed by atoms with van der Waals surface area (Å²) >= 11 is 12.4. The number of halogens is 2. The van der Waals surface area contributed by atoms with Gasteiger partial charge in [-0.2, -0.15) is 0 Å². The fourth-order valence-electron chi connectivity index (χ4n) is 2.21. The molecule has 2 aromatic rings. The number of nitroso groups, excluding NO2 is 1. The zero-order valence-electron chi connectivity index (χ0n) is 13.9. The molecule has 0 aliphatic heterocycles. The van der Waals surface area contributed by atoms with E-state index in [1.807, 2.05) is 13.8 Å². The highest BCUT2D eigenvalue weighted by Crippen LogP contribution is 2.41. The molecule has 0 saturated heterocycles. The van der Waals surface area contributed by atoms with Crippen LogP contribution >= 0.6 is 30.8 Å². The van der Waals surface area contributed by atoms with E-state index < -0.39 is 13.9 Å². The van der Waals surface area contributed by atoms with Crippen molar-refractivity contribution in [3.05, 3.63) is 50.8 Å². The summed E-state index contributed by atoms with van der Waals surface area (Å²) in [6.45, 7) is 3.85. The van der Waals surface area contributed by atoms with Crippen LogP contribution in [-0.2, 0) is 4.57 Å². The molecule has 7 nitrogen and oxygen atoms in total. The standard InChI is InChI=1S/C16H17Cl2N2O5P/c1-9(2)12-7-11(3-4-15(12)20-21)25-16-13(17)5-10(6-14(16)18)19-8-26(22,23)24/h3-7,9,19H,8H2,1-2H3,(H2,22,23,24). The maximum Gasteiger partial charge on any atom is 0.344 e. The largest absolute Gasteiger partial charge is 0.454 e. The minimum absolute atomic E-state index is 0.0661. The lowest BCUT2D eigenvalue weighted by Gasteiger charge is -2.15. The summed E-state index contributed by atoms with van der Waals surface area (Å²) in [4.78, 5) is 28.7. The van der Waals surface area contributed by atoms with Crippen LogP contribution in [0.25, 0.3) is 0 Å². The van der Waals surface area contributed by atoms with Gasteiger partial charge in [-0.15, -0.1) is 4.91 Å². The van der Waals surface area contributed by atoms with Gasteiger partial charge in [0.1, 0.15) is 17.7 Å². The van der Waals surface area contributed by atoms with Crippen molar-refractivity contribution < 1.29 is 19.1 Å². The van der Waals surface area contributed by atoms with Gasteiger partial charge in [0.2, 0.25) is 0 Å². The lowest BCUT2D eigenvalue weighted by molar-refractivity contribution is 0.375. The number of anilines is 1. The summed E-state index contributed by atoms with van der Waals surface area (Å²) in [5, 5.41) is 5.88. The molecular formula is C16H17Cl2N2O5P. The zero-order valence-corrected chi connectivity index (χ0v) is 16.3. The normalized spacial score (nSPS) is 11.5. The molecule has 0 amide bonds. The monoisotopic (exact) mass is 418 g/mol. The van der Waals surface area contributed by atoms with E-state index in [2.05, 4.69) is 10.5 Å². The summed E-state index contributed by atoms with van der Waals surface area (Å²) in [5.41, 5.74) is 1.41. The van der Waals surface area contributed by atoms with Crippen LogP contribution < -0.4 is 10.1 Å². The van der Waals surface area contributed by atoms with E-state index >= 15 is 0 Å². The molecule has 0 aliphatic carbocycles. The van der Waals surface area contributed by atoms with E-state index in [0.29, 0.717) is 17.1 Å². The number of nitrogens with zero attached hydrogens (tertiary/aromatic N) is 1. The molecule has 140 valence electrons. The molecule has 0 aromatic heterocycles. The van der Waals surface area contributed by atoms with Crippen molar-refractivity contribution in [3.63, 3.8) is 0 Å². The van der Waals surface area contributed by atoms with Crippen LogP contribution in [0.15, 0.2) is 35.5 Å². The molecule has 3 N–H and O–H groups in total. The first-order valence-corrected chi connectivity index (χ1v) is 10.1. The second kappa shape index (κ2) is 8.37. The van der Waals surface area contributed by atoms with Gasteiger partial charge in [0.05, 0.1) is 10.0 Å². The average Bonchev–Trinajstić information content (AvgIpc) is 2.55. The fraction of sp³-hybridized carbons (Fsp3) is 0.250. The topological polar surface area (TPSA) is 108 Å². The summed E-state index contributed by atoms with van der Waals surface area (Å²) in [6.07, 6.45) is -0.544. The maximum absolute atomic E-state index is 10.9. The summed E-state index contributed by atoms with van der Waals surface area (Å²) in [7, 11) is -4.21. The van der Waals surface area contributed by atoms with Crippen molar-refractivity contribution in [1.82, 2.24) is 0 Å². The van der Waals surface area contributed by atoms with E-state index in [0.717, 1.165) is 5.56 Å². The Hall–Kier alpha value is -1.63. The Bertz CT molecular complexity index is 847. The van der Waals surface area contributed by atoms with Crippen molar-refractivity contribution in [3.8, 4) is 11.5 Å². The number of ether oxygens (including phenoxy) is 1. The minimum atomic E-state index is -4.21. The first-order valence-electron chi connectivity index (χ1n) is 7.53. The Morgan fingerprint density at radius 3 is 2.31 bits per heavy atom. The Morgan fingerprint density at radius 2 is 1.81 bits per heavy atom. The SMILES string of the molecule is CC(C)c1cc(Oc2c(Cl)cc(NCP(=O)(O)O)cc2Cl)ccc1N=O. The number of benzene rings is 2.